The first-order valence-corrected chi connectivity index (χ1v) is 6.21. The third-order valence-corrected chi connectivity index (χ3v) is 3.87. The summed E-state index contributed by atoms with van der Waals surface area (Å²) in [6.07, 6.45) is 0.709. The molecule has 5 heteroatoms. The maximum Gasteiger partial charge on any atom is 0.314 e. The van der Waals surface area contributed by atoms with Gasteiger partial charge < -0.3 is 10.0 Å². The number of amides is 1. The van der Waals surface area contributed by atoms with Crippen LogP contribution in [0.1, 0.15) is 25.3 Å². The lowest BCUT2D eigenvalue weighted by molar-refractivity contribution is -0.148. The van der Waals surface area contributed by atoms with Gasteiger partial charge in [0, 0.05) is 20.0 Å². The van der Waals surface area contributed by atoms with Crippen LogP contribution in [-0.2, 0) is 15.0 Å². The Hall–Kier alpha value is -1.91. The Labute approximate surface area is 110 Å². The first kappa shape index (κ1) is 13.5. The number of benzene rings is 1. The molecule has 0 aromatic heterocycles. The van der Waals surface area contributed by atoms with Crippen LogP contribution in [0.4, 0.5) is 4.39 Å². The summed E-state index contributed by atoms with van der Waals surface area (Å²) in [5.41, 5.74) is -0.413. The van der Waals surface area contributed by atoms with Gasteiger partial charge in [-0.25, -0.2) is 4.39 Å². The maximum atomic E-state index is 12.9. The number of likely N-dealkylation sites (tertiary alicyclic amines) is 1. The smallest absolute Gasteiger partial charge is 0.314 e. The Kier molecular flexibility index (Phi) is 3.55. The van der Waals surface area contributed by atoms with E-state index in [0.717, 1.165) is 0 Å². The van der Waals surface area contributed by atoms with E-state index in [1.165, 1.54) is 31.2 Å². The van der Waals surface area contributed by atoms with Crippen molar-refractivity contribution in [2.75, 3.05) is 13.1 Å². The molecule has 19 heavy (non-hydrogen) atoms. The third-order valence-electron chi connectivity index (χ3n) is 3.87. The number of piperidine rings is 1. The molecule has 1 aromatic rings. The Morgan fingerprint density at radius 3 is 2.16 bits per heavy atom. The van der Waals surface area contributed by atoms with Gasteiger partial charge in [0.1, 0.15) is 5.82 Å². The highest BCUT2D eigenvalue weighted by Gasteiger charge is 2.43. The minimum absolute atomic E-state index is 0.0434. The molecule has 0 spiro atoms. The van der Waals surface area contributed by atoms with E-state index in [1.54, 1.807) is 4.90 Å². The maximum absolute atomic E-state index is 12.9. The minimum atomic E-state index is -1.01. The van der Waals surface area contributed by atoms with E-state index < -0.39 is 11.4 Å². The van der Waals surface area contributed by atoms with E-state index in [2.05, 4.69) is 0 Å². The second-order valence-corrected chi connectivity index (χ2v) is 4.90. The van der Waals surface area contributed by atoms with Gasteiger partial charge in [-0.2, -0.15) is 0 Å². The molecular weight excluding hydrogens is 249 g/mol. The molecule has 1 N–H and O–H groups in total. The quantitative estimate of drug-likeness (QED) is 0.887. The molecule has 0 unspecified atom stereocenters. The van der Waals surface area contributed by atoms with Crippen LogP contribution in [0.2, 0.25) is 0 Å². The number of halogens is 1. The third kappa shape index (κ3) is 2.45. The number of carboxylic acid groups (broad SMARTS) is 1. The molecule has 1 heterocycles. The highest BCUT2D eigenvalue weighted by molar-refractivity contribution is 5.82. The second-order valence-electron chi connectivity index (χ2n) is 4.90. The molecule has 0 atom stereocenters. The van der Waals surface area contributed by atoms with Crippen LogP contribution >= 0.6 is 0 Å². The first-order valence-electron chi connectivity index (χ1n) is 6.21. The molecule has 0 aliphatic carbocycles. The summed E-state index contributed by atoms with van der Waals surface area (Å²) in [5.74, 6) is -1.34. The van der Waals surface area contributed by atoms with Crippen LogP contribution in [0, 0.1) is 5.82 Å². The molecule has 4 nitrogen and oxygen atoms in total. The highest BCUT2D eigenvalue weighted by atomic mass is 19.1. The summed E-state index contributed by atoms with van der Waals surface area (Å²) in [7, 11) is 0. The molecule has 1 aliphatic heterocycles. The standard InChI is InChI=1S/C14H16FNO3/c1-10(17)16-8-6-14(7-9-16,13(18)19)11-2-4-12(15)5-3-11/h2-5H,6-9H2,1H3,(H,18,19). The van der Waals surface area contributed by atoms with Crippen molar-refractivity contribution < 1.29 is 19.1 Å². The van der Waals surface area contributed by atoms with Crippen molar-refractivity contribution in [3.05, 3.63) is 35.6 Å². The number of hydrogen-bond acceptors (Lipinski definition) is 2. The molecule has 1 saturated heterocycles. The predicted molar refractivity (Wildman–Crippen MR) is 67.2 cm³/mol. The normalized spacial score (nSPS) is 18.1. The zero-order valence-electron chi connectivity index (χ0n) is 10.7. The van der Waals surface area contributed by atoms with Gasteiger partial charge in [0.2, 0.25) is 5.91 Å². The zero-order valence-corrected chi connectivity index (χ0v) is 10.7. The number of hydrogen-bond donors (Lipinski definition) is 1. The van der Waals surface area contributed by atoms with E-state index in [1.807, 2.05) is 0 Å². The lowest BCUT2D eigenvalue weighted by Gasteiger charge is -2.38. The van der Waals surface area contributed by atoms with Gasteiger partial charge in [0.15, 0.2) is 0 Å². The van der Waals surface area contributed by atoms with Crippen LogP contribution in [0.25, 0.3) is 0 Å². The van der Waals surface area contributed by atoms with E-state index >= 15 is 0 Å². The van der Waals surface area contributed by atoms with Crippen molar-refractivity contribution in [1.29, 1.82) is 0 Å². The Balaban J connectivity index is 2.28. The Morgan fingerprint density at radius 1 is 1.21 bits per heavy atom. The van der Waals surface area contributed by atoms with Crippen LogP contribution < -0.4 is 0 Å². The SMILES string of the molecule is CC(=O)N1CCC(C(=O)O)(c2ccc(F)cc2)CC1. The van der Waals surface area contributed by atoms with Crippen LogP contribution in [0.3, 0.4) is 0 Å². The number of nitrogens with zero attached hydrogens (tertiary/aromatic N) is 1. The van der Waals surface area contributed by atoms with Crippen LogP contribution in [0.15, 0.2) is 24.3 Å². The second kappa shape index (κ2) is 4.99. The number of rotatable bonds is 2. The van der Waals surface area contributed by atoms with Gasteiger partial charge in [-0.1, -0.05) is 12.1 Å². The summed E-state index contributed by atoms with van der Waals surface area (Å²) >= 11 is 0. The molecule has 1 amide bonds. The van der Waals surface area contributed by atoms with Crippen molar-refractivity contribution >= 4 is 11.9 Å². The monoisotopic (exact) mass is 265 g/mol. The number of carbonyl (C=O) groups is 2. The van der Waals surface area contributed by atoms with Crippen LogP contribution in [-0.4, -0.2) is 35.0 Å². The number of carbonyl (C=O) groups excluding carboxylic acids is 1. The summed E-state index contributed by atoms with van der Waals surface area (Å²) < 4.78 is 12.9. The molecular formula is C14H16FNO3. The molecule has 0 radical (unpaired) electrons. The van der Waals surface area contributed by atoms with E-state index in [4.69, 9.17) is 0 Å². The fourth-order valence-electron chi connectivity index (χ4n) is 2.60. The van der Waals surface area contributed by atoms with Gasteiger partial charge in [-0.05, 0) is 30.5 Å². The van der Waals surface area contributed by atoms with Gasteiger partial charge in [-0.15, -0.1) is 0 Å². The van der Waals surface area contributed by atoms with E-state index in [-0.39, 0.29) is 11.7 Å². The van der Waals surface area contributed by atoms with Gasteiger partial charge >= 0.3 is 5.97 Å². The molecule has 0 saturated carbocycles. The lowest BCUT2D eigenvalue weighted by Crippen LogP contribution is -2.48. The van der Waals surface area contributed by atoms with E-state index in [0.29, 0.717) is 31.5 Å². The first-order chi connectivity index (χ1) is 8.95. The van der Waals surface area contributed by atoms with Gasteiger partial charge in [-0.3, -0.25) is 9.59 Å². The number of aliphatic carboxylic acids is 1. The summed E-state index contributed by atoms with van der Waals surface area (Å²) in [6.45, 7) is 2.31. The highest BCUT2D eigenvalue weighted by Crippen LogP contribution is 2.36. The zero-order chi connectivity index (χ0) is 14.0. The van der Waals surface area contributed by atoms with Crippen LogP contribution in [0.5, 0.6) is 0 Å². The molecule has 1 aromatic carbocycles. The summed E-state index contributed by atoms with van der Waals surface area (Å²) in [4.78, 5) is 24.6. The lowest BCUT2D eigenvalue weighted by atomic mass is 9.73. The largest absolute Gasteiger partial charge is 0.481 e. The Bertz CT molecular complexity index is 490. The summed E-state index contributed by atoms with van der Waals surface area (Å²) in [5, 5.41) is 9.54. The van der Waals surface area contributed by atoms with Crippen molar-refractivity contribution in [2.45, 2.75) is 25.2 Å². The molecule has 102 valence electrons. The molecule has 2 rings (SSSR count). The average Bonchev–Trinajstić information content (AvgIpc) is 2.39. The predicted octanol–water partition coefficient (Wildman–Crippen LogP) is 1.79. The average molecular weight is 265 g/mol. The summed E-state index contributed by atoms with van der Waals surface area (Å²) in [6, 6.07) is 5.59. The minimum Gasteiger partial charge on any atom is -0.481 e. The molecule has 0 bridgehead atoms. The van der Waals surface area contributed by atoms with Gasteiger partial charge in [0.25, 0.3) is 0 Å². The fourth-order valence-corrected chi connectivity index (χ4v) is 2.60. The van der Waals surface area contributed by atoms with Crippen molar-refractivity contribution in [3.63, 3.8) is 0 Å². The van der Waals surface area contributed by atoms with Crippen molar-refractivity contribution in [3.8, 4) is 0 Å². The number of carboxylic acids is 1. The molecule has 1 aliphatic rings. The molecule has 1 fully saturated rings. The fraction of sp³-hybridized carbons (Fsp3) is 0.429. The topological polar surface area (TPSA) is 57.6 Å². The van der Waals surface area contributed by atoms with E-state index in [9.17, 15) is 19.1 Å². The Morgan fingerprint density at radius 2 is 1.74 bits per heavy atom. The van der Waals surface area contributed by atoms with Gasteiger partial charge in [0.05, 0.1) is 5.41 Å². The van der Waals surface area contributed by atoms with Crippen molar-refractivity contribution in [1.82, 2.24) is 4.90 Å². The van der Waals surface area contributed by atoms with Crippen molar-refractivity contribution in [2.24, 2.45) is 0 Å².